The fraction of sp³-hybridized carbons (Fsp3) is 0.714. The van der Waals surface area contributed by atoms with Crippen molar-refractivity contribution >= 4 is 39.2 Å². The average Bonchev–Trinajstić information content (AvgIpc) is 3.12. The van der Waals surface area contributed by atoms with E-state index in [1.807, 2.05) is 6.92 Å². The number of hydrogen-bond donors (Lipinski definition) is 5. The Labute approximate surface area is 322 Å². The van der Waals surface area contributed by atoms with Crippen LogP contribution in [-0.4, -0.2) is 72.2 Å². The minimum atomic E-state index is -4.89. The normalized spacial score (nSPS) is 34.8. The van der Waals surface area contributed by atoms with Crippen LogP contribution in [0.4, 0.5) is 4.39 Å². The molecule has 15 nitrogen and oxygen atoms in total. The molecule has 0 aromatic carbocycles. The Balaban J connectivity index is 0.00000161. The van der Waals surface area contributed by atoms with Crippen molar-refractivity contribution in [1.29, 1.82) is 0 Å². The Bertz CT molecular complexity index is 1350. The predicted molar refractivity (Wildman–Crippen MR) is 152 cm³/mol. The molecule has 0 amide bonds. The van der Waals surface area contributed by atoms with E-state index < -0.39 is 80.0 Å². The maximum absolute atomic E-state index is 17.4. The number of alkyl halides is 1. The van der Waals surface area contributed by atoms with Gasteiger partial charge in [-0.15, -0.1) is 0 Å². The molecule has 0 aromatic rings. The number of fused-ring (bicyclic) bond motifs is 5. The number of ether oxygens (including phenoxy) is 2. The van der Waals surface area contributed by atoms with E-state index in [2.05, 4.69) is 0 Å². The molecule has 262 valence electrons. The van der Waals surface area contributed by atoms with Crippen molar-refractivity contribution in [3.05, 3.63) is 23.8 Å². The number of Topliss-reactive ketones (excluding diaryl/α,β-unsaturated/α-hetero) is 1. The second kappa shape index (κ2) is 17.6. The van der Waals surface area contributed by atoms with Gasteiger partial charge in [0.25, 0.3) is 15.6 Å². The molecule has 3 saturated carbocycles. The van der Waals surface area contributed by atoms with E-state index in [9.17, 15) is 24.3 Å². The quantitative estimate of drug-likeness (QED) is 0.0966. The smallest absolute Gasteiger partial charge is 0.756 e. The molecule has 4 aliphatic rings. The van der Waals surface area contributed by atoms with Gasteiger partial charge < -0.3 is 43.9 Å². The molecule has 0 bridgehead atoms. The molecule has 0 heterocycles. The largest absolute Gasteiger partial charge is 1.00 e. The van der Waals surface area contributed by atoms with E-state index in [4.69, 9.17) is 48.0 Å². The van der Waals surface area contributed by atoms with E-state index in [0.717, 1.165) is 0 Å². The van der Waals surface area contributed by atoms with Gasteiger partial charge in [0.15, 0.2) is 23.7 Å². The van der Waals surface area contributed by atoms with E-state index in [-0.39, 0.29) is 90.1 Å². The first kappa shape index (κ1) is 47.9. The summed E-state index contributed by atoms with van der Waals surface area (Å²) >= 11 is 0. The molecule has 5 N–H and O–H groups in total. The molecule has 0 spiro atoms. The van der Waals surface area contributed by atoms with Gasteiger partial charge >= 0.3 is 71.1 Å². The van der Waals surface area contributed by atoms with Gasteiger partial charge in [-0.25, -0.2) is 4.39 Å². The standard InChI is InChI=1S/C28H37FO7.2Na.2H3O4P/c1-6-23(33)35-15-22(32)28(36-24(34)7-2)16(3)12-20-19-9-8-17-13-18(30)10-11-25(17,4)27(19,29)21(31)14-26(20,28)5;;;2*1-5(2,3)4/h10-11,13,16,19-21,31H,6-9,12,14-15H2,1-5H3;;;2*(H3,1,2,3,4)/q;2*+1;;/p-2/t16-,19-,20-,21-,25-,26-,27?,28-;;;;/m0..../s1. The van der Waals surface area contributed by atoms with Crippen LogP contribution in [0.15, 0.2) is 23.8 Å². The molecule has 0 aliphatic heterocycles. The third kappa shape index (κ3) is 10.0. The van der Waals surface area contributed by atoms with Gasteiger partial charge in [-0.3, -0.25) is 28.3 Å². The molecule has 8 atom stereocenters. The Hall–Kier alpha value is -0.130. The number of aliphatic hydroxyl groups is 1. The maximum atomic E-state index is 17.4. The summed E-state index contributed by atoms with van der Waals surface area (Å²) in [5, 5.41) is 11.5. The number of phosphoric acid groups is 2. The number of ketones is 2. The zero-order valence-corrected chi connectivity index (χ0v) is 33.9. The van der Waals surface area contributed by atoms with Gasteiger partial charge in [0.1, 0.15) is 0 Å². The van der Waals surface area contributed by atoms with Crippen LogP contribution in [0.25, 0.3) is 0 Å². The zero-order valence-electron chi connectivity index (χ0n) is 28.1. The van der Waals surface area contributed by atoms with Crippen molar-refractivity contribution in [3.8, 4) is 0 Å². The van der Waals surface area contributed by atoms with Crippen molar-refractivity contribution in [2.24, 2.45) is 28.6 Å². The van der Waals surface area contributed by atoms with Gasteiger partial charge in [0.05, 0.1) is 6.10 Å². The number of rotatable bonds is 6. The summed E-state index contributed by atoms with van der Waals surface area (Å²) in [6.45, 7) is 8.05. The molecule has 3 fully saturated rings. The monoisotopic (exact) mass is 744 g/mol. The molecule has 20 heteroatoms. The van der Waals surface area contributed by atoms with Gasteiger partial charge in [-0.2, -0.15) is 0 Å². The molecular formula is C28H41FNa2O15P2. The van der Waals surface area contributed by atoms with Crippen LogP contribution in [0.5, 0.6) is 0 Å². The molecule has 0 saturated heterocycles. The Morgan fingerprint density at radius 3 is 1.98 bits per heavy atom. The third-order valence-electron chi connectivity index (χ3n) is 9.81. The summed E-state index contributed by atoms with van der Waals surface area (Å²) < 4.78 is 46.0. The van der Waals surface area contributed by atoms with Crippen LogP contribution in [0.3, 0.4) is 0 Å². The van der Waals surface area contributed by atoms with Gasteiger partial charge in [0.2, 0.25) is 5.78 Å². The van der Waals surface area contributed by atoms with E-state index in [1.165, 1.54) is 12.2 Å². The van der Waals surface area contributed by atoms with Crippen molar-refractivity contribution in [1.82, 2.24) is 0 Å². The van der Waals surface area contributed by atoms with Crippen molar-refractivity contribution < 1.29 is 136 Å². The molecule has 0 radical (unpaired) electrons. The summed E-state index contributed by atoms with van der Waals surface area (Å²) in [6, 6.07) is 0. The number of carbonyl (C=O) groups excluding carboxylic acids is 4. The fourth-order valence-electron chi connectivity index (χ4n) is 8.01. The first-order valence-electron chi connectivity index (χ1n) is 14.6. The SMILES string of the molecule is CCC(=O)OCC(=O)[C@@]1(OC(=O)CC)[C@@H](C)C[C@H]2[C@@H]3CCC4=CC(=O)C=C[C@]4(C)C3(F)[C@@H](O)C[C@@]21C.O=P([O-])(O)O.O=P([O-])(O)O.[Na+].[Na+]. The van der Waals surface area contributed by atoms with Crippen LogP contribution in [0.2, 0.25) is 0 Å². The average molecular weight is 745 g/mol. The maximum Gasteiger partial charge on any atom is 1.00 e. The van der Waals surface area contributed by atoms with Crippen LogP contribution in [0.1, 0.15) is 73.1 Å². The van der Waals surface area contributed by atoms with Gasteiger partial charge in [-0.1, -0.05) is 39.3 Å². The summed E-state index contributed by atoms with van der Waals surface area (Å²) in [5.74, 6) is -3.31. The molecular weight excluding hydrogens is 703 g/mol. The topological polar surface area (TPSA) is 268 Å². The first-order chi connectivity index (χ1) is 20.8. The Kier molecular flexibility index (Phi) is 17.5. The summed E-state index contributed by atoms with van der Waals surface area (Å²) in [6.07, 6.45) is 4.32. The number of hydrogen-bond acceptors (Lipinski definition) is 11. The Morgan fingerprint density at radius 1 is 1.00 bits per heavy atom. The number of aliphatic hydroxyl groups excluding tert-OH is 1. The minimum Gasteiger partial charge on any atom is -0.756 e. The third-order valence-corrected chi connectivity index (χ3v) is 9.81. The molecule has 1 unspecified atom stereocenters. The molecule has 0 aromatic heterocycles. The first-order valence-corrected chi connectivity index (χ1v) is 17.6. The summed E-state index contributed by atoms with van der Waals surface area (Å²) in [4.78, 5) is 96.2. The van der Waals surface area contributed by atoms with E-state index in [1.54, 1.807) is 33.8 Å². The fourth-order valence-corrected chi connectivity index (χ4v) is 8.01. The number of allylic oxidation sites excluding steroid dienone is 4. The van der Waals surface area contributed by atoms with Gasteiger partial charge in [-0.05, 0) is 50.7 Å². The summed E-state index contributed by atoms with van der Waals surface area (Å²) in [5.41, 5.74) is -5.26. The van der Waals surface area contributed by atoms with Crippen molar-refractivity contribution in [2.45, 2.75) is 90.5 Å². The second-order valence-electron chi connectivity index (χ2n) is 12.4. The molecule has 4 aliphatic carbocycles. The van der Waals surface area contributed by atoms with Gasteiger partial charge in [0, 0.05) is 35.5 Å². The van der Waals surface area contributed by atoms with Crippen LogP contribution < -0.4 is 68.9 Å². The zero-order chi connectivity index (χ0) is 35.7. The van der Waals surface area contributed by atoms with Crippen molar-refractivity contribution in [3.63, 3.8) is 0 Å². The number of carbonyl (C=O) groups is 4. The van der Waals surface area contributed by atoms with Crippen LogP contribution in [-0.2, 0) is 37.8 Å². The minimum absolute atomic E-state index is 0. The molecule has 48 heavy (non-hydrogen) atoms. The molecule has 4 rings (SSSR count). The van der Waals surface area contributed by atoms with E-state index in [0.29, 0.717) is 24.8 Å². The number of esters is 2. The van der Waals surface area contributed by atoms with E-state index >= 15 is 4.39 Å². The van der Waals surface area contributed by atoms with Crippen molar-refractivity contribution in [2.75, 3.05) is 6.61 Å². The van der Waals surface area contributed by atoms with Crippen LogP contribution in [0, 0.1) is 28.6 Å². The summed E-state index contributed by atoms with van der Waals surface area (Å²) in [7, 11) is -9.78. The van der Waals surface area contributed by atoms with Crippen LogP contribution >= 0.6 is 15.6 Å². The predicted octanol–water partition coefficient (Wildman–Crippen LogP) is -5.30. The Morgan fingerprint density at radius 2 is 1.50 bits per heavy atom. The number of halogens is 1. The second-order valence-corrected chi connectivity index (χ2v) is 14.3.